The van der Waals surface area contributed by atoms with Gasteiger partial charge in [-0.15, -0.1) is 0 Å². The zero-order valence-electron chi connectivity index (χ0n) is 12.5. The van der Waals surface area contributed by atoms with Crippen molar-refractivity contribution in [2.24, 2.45) is 5.92 Å². The molecule has 0 radical (unpaired) electrons. The summed E-state index contributed by atoms with van der Waals surface area (Å²) in [6.45, 7) is 13.3. The normalized spacial score (nSPS) is 20.2. The van der Waals surface area contributed by atoms with Crippen molar-refractivity contribution in [3.8, 4) is 0 Å². The lowest BCUT2D eigenvalue weighted by Crippen LogP contribution is -2.29. The topological polar surface area (TPSA) is 18.5 Å². The monoisotopic (exact) mass is 261 g/mol. The first-order chi connectivity index (χ1) is 9.24. The van der Waals surface area contributed by atoms with Gasteiger partial charge in [-0.05, 0) is 50.6 Å². The zero-order chi connectivity index (χ0) is 13.7. The van der Waals surface area contributed by atoms with E-state index in [1.54, 1.807) is 0 Å². The smallest absolute Gasteiger partial charge is 0.0368 e. The molecule has 1 aromatic rings. The maximum atomic E-state index is 3.49. The van der Waals surface area contributed by atoms with Gasteiger partial charge >= 0.3 is 0 Å². The highest BCUT2D eigenvalue weighted by molar-refractivity contribution is 5.56. The summed E-state index contributed by atoms with van der Waals surface area (Å²) in [4.78, 5) is 4.88. The fraction of sp³-hybridized carbons (Fsp3) is 0.625. The van der Waals surface area contributed by atoms with E-state index in [0.717, 1.165) is 39.3 Å². The number of nitrogens with one attached hydrogen (secondary N) is 1. The molecule has 1 N–H and O–H groups in total. The van der Waals surface area contributed by atoms with Gasteiger partial charge in [-0.2, -0.15) is 0 Å². The van der Waals surface area contributed by atoms with Gasteiger partial charge < -0.3 is 15.1 Å². The highest BCUT2D eigenvalue weighted by Gasteiger charge is 2.14. The van der Waals surface area contributed by atoms with Crippen LogP contribution in [-0.4, -0.2) is 39.3 Å². The number of benzene rings is 1. The third-order valence-corrected chi connectivity index (χ3v) is 3.93. The SMILES string of the molecule is CCN(CC)c1ccc(N2CCNCC(C)C2)cc1. The van der Waals surface area contributed by atoms with E-state index < -0.39 is 0 Å². The summed E-state index contributed by atoms with van der Waals surface area (Å²) in [5.74, 6) is 0.713. The zero-order valence-corrected chi connectivity index (χ0v) is 12.5. The summed E-state index contributed by atoms with van der Waals surface area (Å²) in [7, 11) is 0. The average Bonchev–Trinajstić information content (AvgIpc) is 2.66. The minimum atomic E-state index is 0.713. The Morgan fingerprint density at radius 3 is 2.53 bits per heavy atom. The van der Waals surface area contributed by atoms with Crippen molar-refractivity contribution in [1.82, 2.24) is 5.32 Å². The van der Waals surface area contributed by atoms with Crippen LogP contribution >= 0.6 is 0 Å². The first-order valence-electron chi connectivity index (χ1n) is 7.55. The molecular weight excluding hydrogens is 234 g/mol. The summed E-state index contributed by atoms with van der Waals surface area (Å²) in [5.41, 5.74) is 2.68. The van der Waals surface area contributed by atoms with Crippen molar-refractivity contribution in [2.75, 3.05) is 49.1 Å². The Morgan fingerprint density at radius 2 is 1.89 bits per heavy atom. The molecule has 0 spiro atoms. The molecule has 1 unspecified atom stereocenters. The molecule has 19 heavy (non-hydrogen) atoms. The molecule has 1 fully saturated rings. The Kier molecular flexibility index (Phi) is 5.08. The molecule has 1 saturated heterocycles. The van der Waals surface area contributed by atoms with Crippen LogP contribution in [-0.2, 0) is 0 Å². The van der Waals surface area contributed by atoms with Crippen LogP contribution in [0.25, 0.3) is 0 Å². The van der Waals surface area contributed by atoms with Gasteiger partial charge in [0.15, 0.2) is 0 Å². The molecule has 1 aliphatic heterocycles. The van der Waals surface area contributed by atoms with E-state index in [9.17, 15) is 0 Å². The number of hydrogen-bond acceptors (Lipinski definition) is 3. The van der Waals surface area contributed by atoms with E-state index in [-0.39, 0.29) is 0 Å². The third kappa shape index (κ3) is 3.63. The largest absolute Gasteiger partial charge is 0.372 e. The molecule has 1 aliphatic rings. The van der Waals surface area contributed by atoms with Crippen molar-refractivity contribution in [1.29, 1.82) is 0 Å². The lowest BCUT2D eigenvalue weighted by Gasteiger charge is -2.26. The standard InChI is InChI=1S/C16H27N3/c1-4-18(5-2)15-6-8-16(9-7-15)19-11-10-17-12-14(3)13-19/h6-9,14,17H,4-5,10-13H2,1-3H3. The molecule has 1 heterocycles. The van der Waals surface area contributed by atoms with Gasteiger partial charge in [0, 0.05) is 44.1 Å². The van der Waals surface area contributed by atoms with E-state index in [2.05, 4.69) is 60.2 Å². The van der Waals surface area contributed by atoms with Gasteiger partial charge in [0.05, 0.1) is 0 Å². The second kappa shape index (κ2) is 6.80. The van der Waals surface area contributed by atoms with Gasteiger partial charge in [0.25, 0.3) is 0 Å². The quantitative estimate of drug-likeness (QED) is 0.898. The van der Waals surface area contributed by atoms with Gasteiger partial charge in [-0.25, -0.2) is 0 Å². The van der Waals surface area contributed by atoms with E-state index in [1.165, 1.54) is 11.4 Å². The van der Waals surface area contributed by atoms with Crippen LogP contribution in [0.3, 0.4) is 0 Å². The molecule has 0 amide bonds. The second-order valence-electron chi connectivity index (χ2n) is 5.44. The van der Waals surface area contributed by atoms with E-state index in [4.69, 9.17) is 0 Å². The summed E-state index contributed by atoms with van der Waals surface area (Å²) in [5, 5.41) is 3.49. The third-order valence-electron chi connectivity index (χ3n) is 3.93. The fourth-order valence-electron chi connectivity index (χ4n) is 2.79. The maximum absolute atomic E-state index is 3.49. The van der Waals surface area contributed by atoms with Gasteiger partial charge in [-0.3, -0.25) is 0 Å². The predicted octanol–water partition coefficient (Wildman–Crippen LogP) is 2.58. The first-order valence-corrected chi connectivity index (χ1v) is 7.55. The van der Waals surface area contributed by atoms with Crippen LogP contribution in [0.1, 0.15) is 20.8 Å². The molecule has 0 aliphatic carbocycles. The van der Waals surface area contributed by atoms with Crippen molar-refractivity contribution in [3.05, 3.63) is 24.3 Å². The summed E-state index contributed by atoms with van der Waals surface area (Å²) >= 11 is 0. The van der Waals surface area contributed by atoms with Crippen molar-refractivity contribution < 1.29 is 0 Å². The second-order valence-corrected chi connectivity index (χ2v) is 5.44. The van der Waals surface area contributed by atoms with E-state index >= 15 is 0 Å². The molecular formula is C16H27N3. The maximum Gasteiger partial charge on any atom is 0.0368 e. The Hall–Kier alpha value is -1.22. The average molecular weight is 261 g/mol. The molecule has 0 aromatic heterocycles. The Balaban J connectivity index is 2.08. The first kappa shape index (κ1) is 14.2. The van der Waals surface area contributed by atoms with Gasteiger partial charge in [0.2, 0.25) is 0 Å². The number of nitrogens with zero attached hydrogens (tertiary/aromatic N) is 2. The molecule has 1 aromatic carbocycles. The van der Waals surface area contributed by atoms with Crippen LogP contribution in [0, 0.1) is 5.92 Å². The molecule has 3 heteroatoms. The van der Waals surface area contributed by atoms with E-state index in [1.807, 2.05) is 0 Å². The lowest BCUT2D eigenvalue weighted by molar-refractivity contribution is 0.564. The highest BCUT2D eigenvalue weighted by atomic mass is 15.2. The summed E-state index contributed by atoms with van der Waals surface area (Å²) in [6.07, 6.45) is 0. The molecule has 3 nitrogen and oxygen atoms in total. The van der Waals surface area contributed by atoms with Crippen LogP contribution in [0.15, 0.2) is 24.3 Å². The van der Waals surface area contributed by atoms with Crippen molar-refractivity contribution in [3.63, 3.8) is 0 Å². The van der Waals surface area contributed by atoms with Crippen LogP contribution in [0.2, 0.25) is 0 Å². The highest BCUT2D eigenvalue weighted by Crippen LogP contribution is 2.22. The number of hydrogen-bond donors (Lipinski definition) is 1. The van der Waals surface area contributed by atoms with E-state index in [0.29, 0.717) is 5.92 Å². The van der Waals surface area contributed by atoms with Crippen LogP contribution in [0.5, 0.6) is 0 Å². The molecule has 0 saturated carbocycles. The van der Waals surface area contributed by atoms with Crippen molar-refractivity contribution >= 4 is 11.4 Å². The van der Waals surface area contributed by atoms with Crippen LogP contribution in [0.4, 0.5) is 11.4 Å². The van der Waals surface area contributed by atoms with Gasteiger partial charge in [-0.1, -0.05) is 6.92 Å². The van der Waals surface area contributed by atoms with Crippen molar-refractivity contribution in [2.45, 2.75) is 20.8 Å². The fourth-order valence-corrected chi connectivity index (χ4v) is 2.79. The lowest BCUT2D eigenvalue weighted by atomic mass is 10.1. The Morgan fingerprint density at radius 1 is 1.21 bits per heavy atom. The van der Waals surface area contributed by atoms with Crippen LogP contribution < -0.4 is 15.1 Å². The minimum absolute atomic E-state index is 0.713. The molecule has 2 rings (SSSR count). The van der Waals surface area contributed by atoms with Gasteiger partial charge in [0.1, 0.15) is 0 Å². The Bertz CT molecular complexity index is 370. The minimum Gasteiger partial charge on any atom is -0.372 e. The number of rotatable bonds is 4. The molecule has 0 bridgehead atoms. The number of anilines is 2. The molecule has 1 atom stereocenters. The Labute approximate surface area is 117 Å². The molecule has 106 valence electrons. The summed E-state index contributed by atoms with van der Waals surface area (Å²) < 4.78 is 0. The predicted molar refractivity (Wildman–Crippen MR) is 84.2 cm³/mol. The summed E-state index contributed by atoms with van der Waals surface area (Å²) in [6, 6.07) is 9.05.